The van der Waals surface area contributed by atoms with Gasteiger partial charge in [-0.3, -0.25) is 14.9 Å². The van der Waals surface area contributed by atoms with E-state index in [1.165, 1.54) is 32.4 Å². The summed E-state index contributed by atoms with van der Waals surface area (Å²) in [6.07, 6.45) is 1.27. The van der Waals surface area contributed by atoms with Gasteiger partial charge >= 0.3 is 12.0 Å². The summed E-state index contributed by atoms with van der Waals surface area (Å²) in [6.45, 7) is 0. The molecule has 0 saturated carbocycles. The van der Waals surface area contributed by atoms with Gasteiger partial charge < -0.3 is 13.9 Å². The van der Waals surface area contributed by atoms with E-state index in [1.807, 2.05) is 0 Å². The molecule has 2 aromatic carbocycles. The number of anilines is 1. The van der Waals surface area contributed by atoms with Crippen molar-refractivity contribution >= 4 is 35.6 Å². The predicted molar refractivity (Wildman–Crippen MR) is 117 cm³/mol. The van der Waals surface area contributed by atoms with Gasteiger partial charge in [0.05, 0.1) is 25.5 Å². The molecule has 1 N–H and O–H groups in total. The van der Waals surface area contributed by atoms with Crippen LogP contribution >= 0.6 is 0 Å². The molecule has 1 aromatic heterocycles. The molecule has 9 nitrogen and oxygen atoms in total. The number of rotatable bonds is 5. The minimum atomic E-state index is -0.849. The van der Waals surface area contributed by atoms with Crippen molar-refractivity contribution in [2.45, 2.75) is 0 Å². The third-order valence-electron chi connectivity index (χ3n) is 4.94. The minimum Gasteiger partial charge on any atom is -0.497 e. The summed E-state index contributed by atoms with van der Waals surface area (Å²) in [5.74, 6) is -0.804. The number of benzene rings is 2. The minimum absolute atomic E-state index is 0.240. The Morgan fingerprint density at radius 2 is 1.64 bits per heavy atom. The molecule has 33 heavy (non-hydrogen) atoms. The molecule has 0 aliphatic carbocycles. The number of methoxy groups -OCH3 is 2. The van der Waals surface area contributed by atoms with E-state index in [0.717, 1.165) is 4.90 Å². The van der Waals surface area contributed by atoms with Crippen molar-refractivity contribution in [3.05, 3.63) is 77.6 Å². The second-order valence-corrected chi connectivity index (χ2v) is 6.93. The largest absolute Gasteiger partial charge is 0.497 e. The number of furan rings is 1. The van der Waals surface area contributed by atoms with Crippen LogP contribution in [0.25, 0.3) is 17.4 Å². The van der Waals surface area contributed by atoms with Gasteiger partial charge in [-0.05, 0) is 54.6 Å². The van der Waals surface area contributed by atoms with Gasteiger partial charge in [-0.25, -0.2) is 14.5 Å². The fourth-order valence-electron chi connectivity index (χ4n) is 3.24. The first-order chi connectivity index (χ1) is 15.9. The summed E-state index contributed by atoms with van der Waals surface area (Å²) >= 11 is 0. The van der Waals surface area contributed by atoms with E-state index in [0.29, 0.717) is 22.6 Å². The van der Waals surface area contributed by atoms with E-state index < -0.39 is 23.8 Å². The maximum absolute atomic E-state index is 13.0. The number of hydrogen-bond donors (Lipinski definition) is 1. The highest BCUT2D eigenvalue weighted by Gasteiger charge is 2.37. The highest BCUT2D eigenvalue weighted by molar-refractivity contribution is 6.39. The van der Waals surface area contributed by atoms with Crippen LogP contribution in [0.5, 0.6) is 5.75 Å². The maximum Gasteiger partial charge on any atom is 0.337 e. The lowest BCUT2D eigenvalue weighted by atomic mass is 10.1. The van der Waals surface area contributed by atoms with Gasteiger partial charge in [0.25, 0.3) is 11.8 Å². The zero-order valence-corrected chi connectivity index (χ0v) is 17.7. The van der Waals surface area contributed by atoms with Gasteiger partial charge in [-0.15, -0.1) is 0 Å². The third kappa shape index (κ3) is 4.24. The summed E-state index contributed by atoms with van der Waals surface area (Å²) in [4.78, 5) is 50.1. The van der Waals surface area contributed by atoms with E-state index >= 15 is 0 Å². The van der Waals surface area contributed by atoms with Crippen LogP contribution in [0.1, 0.15) is 16.1 Å². The average molecular weight is 446 g/mol. The summed E-state index contributed by atoms with van der Waals surface area (Å²) in [5, 5.41) is 2.16. The van der Waals surface area contributed by atoms with Crippen molar-refractivity contribution < 1.29 is 33.1 Å². The summed E-state index contributed by atoms with van der Waals surface area (Å²) in [7, 11) is 2.80. The molecule has 0 radical (unpaired) electrons. The molecule has 0 bridgehead atoms. The van der Waals surface area contributed by atoms with E-state index in [1.54, 1.807) is 48.5 Å². The normalized spacial score (nSPS) is 14.9. The lowest BCUT2D eigenvalue weighted by Crippen LogP contribution is -2.54. The summed E-state index contributed by atoms with van der Waals surface area (Å²) in [5.41, 5.74) is 1.10. The van der Waals surface area contributed by atoms with Crippen LogP contribution in [0.3, 0.4) is 0 Å². The Kier molecular flexibility index (Phi) is 5.77. The van der Waals surface area contributed by atoms with Crippen LogP contribution in [-0.2, 0) is 14.3 Å². The number of nitrogens with one attached hydrogen (secondary N) is 1. The fourth-order valence-corrected chi connectivity index (χ4v) is 3.24. The number of ether oxygens (including phenoxy) is 2. The number of esters is 1. The van der Waals surface area contributed by atoms with Gasteiger partial charge in [0.2, 0.25) is 0 Å². The molecular weight excluding hydrogens is 428 g/mol. The van der Waals surface area contributed by atoms with E-state index in [9.17, 15) is 19.2 Å². The average Bonchev–Trinajstić information content (AvgIpc) is 3.30. The molecule has 4 rings (SSSR count). The molecule has 1 saturated heterocycles. The van der Waals surface area contributed by atoms with Crippen molar-refractivity contribution in [2.75, 3.05) is 19.1 Å². The number of carbonyl (C=O) groups excluding carboxylic acids is 4. The molecule has 2 heterocycles. The van der Waals surface area contributed by atoms with Crippen molar-refractivity contribution in [1.82, 2.24) is 5.32 Å². The first-order valence-corrected chi connectivity index (χ1v) is 9.75. The van der Waals surface area contributed by atoms with Gasteiger partial charge in [0.15, 0.2) is 0 Å². The third-order valence-corrected chi connectivity index (χ3v) is 4.94. The first-order valence-electron chi connectivity index (χ1n) is 9.75. The number of urea groups is 1. The maximum atomic E-state index is 13.0. The Balaban J connectivity index is 1.60. The van der Waals surface area contributed by atoms with Gasteiger partial charge in [-0.1, -0.05) is 12.1 Å². The van der Waals surface area contributed by atoms with Crippen molar-refractivity contribution in [1.29, 1.82) is 0 Å². The zero-order chi connectivity index (χ0) is 23.5. The first kappa shape index (κ1) is 21.6. The topological polar surface area (TPSA) is 115 Å². The standard InChI is InChI=1S/C24H18N2O7/c1-31-17-9-7-16(8-10-17)26-22(28)19(21(27)25-24(26)30)13-18-11-12-20(33-18)14-3-5-15(6-4-14)23(29)32-2/h3-13H,1-2H3,(H,25,27,30)/b19-13+. The van der Waals surface area contributed by atoms with Gasteiger partial charge in [0.1, 0.15) is 22.8 Å². The van der Waals surface area contributed by atoms with Crippen molar-refractivity contribution in [3.8, 4) is 17.1 Å². The second kappa shape index (κ2) is 8.83. The molecule has 0 unspecified atom stereocenters. The quantitative estimate of drug-likeness (QED) is 0.363. The Morgan fingerprint density at radius 1 is 0.939 bits per heavy atom. The van der Waals surface area contributed by atoms with Crippen LogP contribution in [0.2, 0.25) is 0 Å². The van der Waals surface area contributed by atoms with Crippen LogP contribution in [0.15, 0.2) is 70.7 Å². The number of imide groups is 2. The number of carbonyl (C=O) groups is 4. The molecule has 1 fully saturated rings. The number of hydrogen-bond acceptors (Lipinski definition) is 7. The molecule has 0 atom stereocenters. The lowest BCUT2D eigenvalue weighted by Gasteiger charge is -2.26. The Labute approximate surface area is 188 Å². The second-order valence-electron chi connectivity index (χ2n) is 6.93. The Hall–Kier alpha value is -4.66. The highest BCUT2D eigenvalue weighted by atomic mass is 16.5. The molecule has 3 aromatic rings. The van der Waals surface area contributed by atoms with Crippen LogP contribution in [0, 0.1) is 0 Å². The molecule has 1 aliphatic rings. The van der Waals surface area contributed by atoms with Crippen LogP contribution in [0.4, 0.5) is 10.5 Å². The predicted octanol–water partition coefficient (Wildman–Crippen LogP) is 3.41. The van der Waals surface area contributed by atoms with Crippen molar-refractivity contribution in [3.63, 3.8) is 0 Å². The zero-order valence-electron chi connectivity index (χ0n) is 17.7. The number of amides is 4. The molecule has 4 amide bonds. The highest BCUT2D eigenvalue weighted by Crippen LogP contribution is 2.27. The molecule has 0 spiro atoms. The van der Waals surface area contributed by atoms with Crippen molar-refractivity contribution in [2.24, 2.45) is 0 Å². The van der Waals surface area contributed by atoms with E-state index in [-0.39, 0.29) is 17.0 Å². The molecule has 9 heteroatoms. The van der Waals surface area contributed by atoms with E-state index in [2.05, 4.69) is 10.1 Å². The number of nitrogens with zero attached hydrogens (tertiary/aromatic N) is 1. The SMILES string of the molecule is COC(=O)c1ccc(-c2ccc(/C=C3\C(=O)NC(=O)N(c4ccc(OC)cc4)C3=O)o2)cc1. The lowest BCUT2D eigenvalue weighted by molar-refractivity contribution is -0.122. The monoisotopic (exact) mass is 446 g/mol. The molecule has 1 aliphatic heterocycles. The smallest absolute Gasteiger partial charge is 0.337 e. The summed E-state index contributed by atoms with van der Waals surface area (Å²) in [6, 6.07) is 15.2. The fraction of sp³-hybridized carbons (Fsp3) is 0.0833. The van der Waals surface area contributed by atoms with E-state index in [4.69, 9.17) is 9.15 Å². The van der Waals surface area contributed by atoms with Gasteiger partial charge in [0, 0.05) is 5.56 Å². The van der Waals surface area contributed by atoms with Gasteiger partial charge in [-0.2, -0.15) is 0 Å². The van der Waals surface area contributed by atoms with Crippen LogP contribution < -0.4 is 15.0 Å². The molecule has 166 valence electrons. The number of barbiturate groups is 1. The Bertz CT molecular complexity index is 1270. The van der Waals surface area contributed by atoms with Crippen LogP contribution in [-0.4, -0.2) is 38.0 Å². The summed E-state index contributed by atoms with van der Waals surface area (Å²) < 4.78 is 15.5. The Morgan fingerprint density at radius 3 is 2.27 bits per heavy atom. The molecular formula is C24H18N2O7.